The zero-order chi connectivity index (χ0) is 25.5. The number of ether oxygens (including phenoxy) is 3. The maximum absolute atomic E-state index is 12.6. The van der Waals surface area contributed by atoms with Gasteiger partial charge in [0.25, 0.3) is 0 Å². The van der Waals surface area contributed by atoms with Crippen LogP contribution in [0.25, 0.3) is 0 Å². The van der Waals surface area contributed by atoms with Gasteiger partial charge < -0.3 is 24.4 Å². The van der Waals surface area contributed by atoms with Crippen LogP contribution in [0.4, 0.5) is 5.82 Å². The van der Waals surface area contributed by atoms with Crippen molar-refractivity contribution in [2.24, 2.45) is 0 Å². The minimum atomic E-state index is -0.329. The Bertz CT molecular complexity index is 1150. The van der Waals surface area contributed by atoms with Crippen molar-refractivity contribution in [2.75, 3.05) is 25.1 Å². The number of pyridine rings is 1. The molecule has 1 aliphatic rings. The zero-order valence-corrected chi connectivity index (χ0v) is 21.4. The molecule has 1 unspecified atom stereocenters. The molecule has 0 amide bonds. The van der Waals surface area contributed by atoms with Crippen LogP contribution in [0.1, 0.15) is 55.6 Å². The highest BCUT2D eigenvalue weighted by Gasteiger charge is 2.29. The molecular weight excluding hydrogens is 454 g/mol. The molecule has 7 nitrogen and oxygen atoms in total. The first-order valence-corrected chi connectivity index (χ1v) is 12.6. The second-order valence-electron chi connectivity index (χ2n) is 9.24. The normalized spacial score (nSPS) is 16.1. The molecule has 2 heterocycles. The van der Waals surface area contributed by atoms with Gasteiger partial charge in [-0.25, -0.2) is 9.78 Å². The summed E-state index contributed by atoms with van der Waals surface area (Å²) in [5.41, 5.74) is 1.70. The molecule has 0 bridgehead atoms. The maximum atomic E-state index is 12.6. The molecule has 36 heavy (non-hydrogen) atoms. The summed E-state index contributed by atoms with van der Waals surface area (Å²) in [7, 11) is 1.65. The average molecular weight is 490 g/mol. The largest absolute Gasteiger partial charge is 0.497 e. The number of esters is 1. The number of nitrogens with zero attached hydrogens (tertiary/aromatic N) is 2. The number of benzene rings is 2. The minimum Gasteiger partial charge on any atom is -0.497 e. The number of nitrogens with one attached hydrogen (secondary N) is 1. The van der Waals surface area contributed by atoms with Crippen molar-refractivity contribution in [3.8, 4) is 17.2 Å². The summed E-state index contributed by atoms with van der Waals surface area (Å²) in [6.45, 7) is 7.49. The summed E-state index contributed by atoms with van der Waals surface area (Å²) in [4.78, 5) is 19.3. The lowest BCUT2D eigenvalue weighted by molar-refractivity contribution is 0.0378. The van der Waals surface area contributed by atoms with Crippen molar-refractivity contribution in [1.29, 1.82) is 0 Å². The van der Waals surface area contributed by atoms with Crippen LogP contribution in [0.2, 0.25) is 0 Å². The third kappa shape index (κ3) is 6.34. The lowest BCUT2D eigenvalue weighted by atomic mass is 10.0. The van der Waals surface area contributed by atoms with E-state index in [9.17, 15) is 4.79 Å². The van der Waals surface area contributed by atoms with E-state index in [2.05, 4.69) is 34.3 Å². The molecular formula is C29H35N3O4. The highest BCUT2D eigenvalue weighted by Crippen LogP contribution is 2.29. The Morgan fingerprint density at radius 1 is 1.08 bits per heavy atom. The molecule has 1 aromatic heterocycles. The van der Waals surface area contributed by atoms with E-state index in [0.717, 1.165) is 43.2 Å². The van der Waals surface area contributed by atoms with Gasteiger partial charge in [-0.2, -0.15) is 0 Å². The summed E-state index contributed by atoms with van der Waals surface area (Å²) in [6.07, 6.45) is 3.46. The fourth-order valence-electron chi connectivity index (χ4n) is 4.48. The van der Waals surface area contributed by atoms with Crippen molar-refractivity contribution in [1.82, 2.24) is 10.3 Å². The van der Waals surface area contributed by atoms with Gasteiger partial charge in [-0.3, -0.25) is 0 Å². The van der Waals surface area contributed by atoms with Crippen LogP contribution in [0.3, 0.4) is 0 Å². The first kappa shape index (κ1) is 25.5. The van der Waals surface area contributed by atoms with Crippen LogP contribution in [-0.4, -0.2) is 43.3 Å². The number of anilines is 1. The predicted octanol–water partition coefficient (Wildman–Crippen LogP) is 5.77. The van der Waals surface area contributed by atoms with Crippen molar-refractivity contribution < 1.29 is 19.0 Å². The Balaban J connectivity index is 1.41. The zero-order valence-electron chi connectivity index (χ0n) is 21.4. The highest BCUT2D eigenvalue weighted by molar-refractivity contribution is 5.95. The van der Waals surface area contributed by atoms with Crippen LogP contribution < -0.4 is 19.7 Å². The van der Waals surface area contributed by atoms with Crippen molar-refractivity contribution >= 4 is 11.8 Å². The Kier molecular flexibility index (Phi) is 8.44. The van der Waals surface area contributed by atoms with Crippen LogP contribution in [-0.2, 0) is 4.74 Å². The summed E-state index contributed by atoms with van der Waals surface area (Å²) in [5, 5.41) is 3.81. The molecule has 7 heteroatoms. The number of rotatable bonds is 10. The predicted molar refractivity (Wildman–Crippen MR) is 141 cm³/mol. The van der Waals surface area contributed by atoms with Crippen LogP contribution in [0.5, 0.6) is 17.2 Å². The molecule has 3 aromatic rings. The second kappa shape index (κ2) is 11.9. The van der Waals surface area contributed by atoms with Crippen molar-refractivity contribution in [2.45, 2.75) is 51.8 Å². The molecule has 0 radical (unpaired) electrons. The van der Waals surface area contributed by atoms with E-state index >= 15 is 0 Å². The quantitative estimate of drug-likeness (QED) is 0.363. The Morgan fingerprint density at radius 3 is 2.58 bits per heavy atom. The van der Waals surface area contributed by atoms with E-state index in [1.165, 1.54) is 5.56 Å². The van der Waals surface area contributed by atoms with Gasteiger partial charge in [-0.1, -0.05) is 19.1 Å². The van der Waals surface area contributed by atoms with E-state index < -0.39 is 0 Å². The summed E-state index contributed by atoms with van der Waals surface area (Å²) in [6, 6.07) is 19.8. The number of hydrogen-bond acceptors (Lipinski definition) is 7. The Labute approximate surface area is 213 Å². The molecule has 1 saturated heterocycles. The molecule has 4 rings (SSSR count). The summed E-state index contributed by atoms with van der Waals surface area (Å²) >= 11 is 0. The molecule has 1 fully saturated rings. The number of carbonyl (C=O) groups is 1. The van der Waals surface area contributed by atoms with Crippen LogP contribution in [0.15, 0.2) is 66.9 Å². The monoisotopic (exact) mass is 489 g/mol. The van der Waals surface area contributed by atoms with Gasteiger partial charge in [0, 0.05) is 31.4 Å². The van der Waals surface area contributed by atoms with E-state index in [1.807, 2.05) is 50.2 Å². The van der Waals surface area contributed by atoms with Crippen molar-refractivity contribution in [3.63, 3.8) is 0 Å². The number of aromatic nitrogens is 1. The molecule has 0 spiro atoms. The maximum Gasteiger partial charge on any atom is 0.342 e. The summed E-state index contributed by atoms with van der Waals surface area (Å²) in [5.74, 6) is 2.72. The average Bonchev–Trinajstić information content (AvgIpc) is 3.36. The van der Waals surface area contributed by atoms with Crippen molar-refractivity contribution in [3.05, 3.63) is 78.0 Å². The summed E-state index contributed by atoms with van der Waals surface area (Å²) < 4.78 is 16.7. The van der Waals surface area contributed by atoms with Gasteiger partial charge in [-0.05, 0) is 80.8 Å². The van der Waals surface area contributed by atoms with Gasteiger partial charge in [0.05, 0.1) is 13.2 Å². The minimum absolute atomic E-state index is 0.173. The Morgan fingerprint density at radius 2 is 1.86 bits per heavy atom. The van der Waals surface area contributed by atoms with E-state index in [-0.39, 0.29) is 24.2 Å². The molecule has 1 N–H and O–H groups in total. The first-order chi connectivity index (χ1) is 17.5. The van der Waals surface area contributed by atoms with Gasteiger partial charge in [-0.15, -0.1) is 0 Å². The number of methoxy groups -OCH3 is 1. The number of carbonyl (C=O) groups excluding carboxylic acids is 1. The topological polar surface area (TPSA) is 72.9 Å². The number of hydrogen-bond donors (Lipinski definition) is 1. The molecule has 1 aliphatic heterocycles. The highest BCUT2D eigenvalue weighted by atomic mass is 16.5. The van der Waals surface area contributed by atoms with Crippen LogP contribution >= 0.6 is 0 Å². The van der Waals surface area contributed by atoms with E-state index in [4.69, 9.17) is 14.2 Å². The third-order valence-corrected chi connectivity index (χ3v) is 6.24. The SMILES string of the molecule is CCC(N[C@H]1CCN(c2ncccc2C(=O)OC(C)C)C1)c1cccc(Oc2ccc(OC)cc2)c1. The fraction of sp³-hybridized carbons (Fsp3) is 0.379. The molecule has 2 atom stereocenters. The molecule has 2 aromatic carbocycles. The van der Waals surface area contributed by atoms with Gasteiger partial charge >= 0.3 is 5.97 Å². The van der Waals surface area contributed by atoms with Gasteiger partial charge in [0.1, 0.15) is 28.6 Å². The van der Waals surface area contributed by atoms with Crippen LogP contribution in [0, 0.1) is 0 Å². The third-order valence-electron chi connectivity index (χ3n) is 6.24. The first-order valence-electron chi connectivity index (χ1n) is 12.6. The fourth-order valence-corrected chi connectivity index (χ4v) is 4.48. The molecule has 0 aliphatic carbocycles. The molecule has 0 saturated carbocycles. The second-order valence-corrected chi connectivity index (χ2v) is 9.24. The van der Waals surface area contributed by atoms with E-state index in [0.29, 0.717) is 11.4 Å². The smallest absolute Gasteiger partial charge is 0.342 e. The standard InChI is InChI=1S/C29H35N3O4/c1-5-27(21-8-6-9-25(18-21)36-24-13-11-23(34-4)12-14-24)31-22-15-17-32(19-22)28-26(10-7-16-30-28)29(33)35-20(2)3/h6-14,16,18,20,22,27,31H,5,15,17,19H2,1-4H3/t22-,27?/m0/s1. The van der Waals surface area contributed by atoms with E-state index in [1.54, 1.807) is 25.4 Å². The molecule has 190 valence electrons. The lowest BCUT2D eigenvalue weighted by Crippen LogP contribution is -2.35. The lowest BCUT2D eigenvalue weighted by Gasteiger charge is -2.24. The van der Waals surface area contributed by atoms with Gasteiger partial charge in [0.15, 0.2) is 0 Å². The Hall–Kier alpha value is -3.58. The van der Waals surface area contributed by atoms with Gasteiger partial charge in [0.2, 0.25) is 0 Å².